The predicted molar refractivity (Wildman–Crippen MR) is 69.0 cm³/mol. The number of amides is 1. The molecule has 4 nitrogen and oxygen atoms in total. The lowest BCUT2D eigenvalue weighted by atomic mass is 9.80. The maximum Gasteiger partial charge on any atom is 0.391 e. The summed E-state index contributed by atoms with van der Waals surface area (Å²) >= 11 is 0. The molecule has 3 atom stereocenters. The molecular weight excluding hydrogens is 273 g/mol. The average molecular weight is 296 g/mol. The van der Waals surface area contributed by atoms with E-state index < -0.39 is 18.0 Å². The molecule has 1 rings (SSSR count). The van der Waals surface area contributed by atoms with Gasteiger partial charge in [-0.15, -0.1) is 0 Å². The van der Waals surface area contributed by atoms with Crippen LogP contribution in [0.2, 0.25) is 0 Å². The number of rotatable bonds is 6. The van der Waals surface area contributed by atoms with Crippen LogP contribution in [-0.2, 0) is 9.53 Å². The van der Waals surface area contributed by atoms with E-state index in [1.54, 1.807) is 0 Å². The number of nitrogens with two attached hydrogens (primary N) is 1. The summed E-state index contributed by atoms with van der Waals surface area (Å²) in [7, 11) is 1.51. The fraction of sp³-hybridized carbons (Fsp3) is 0.923. The van der Waals surface area contributed by atoms with Crippen LogP contribution < -0.4 is 11.1 Å². The number of carbonyl (C=O) groups is 1. The first-order valence-corrected chi connectivity index (χ1v) is 6.94. The Balaban J connectivity index is 2.53. The van der Waals surface area contributed by atoms with Crippen LogP contribution in [0.5, 0.6) is 0 Å². The molecule has 0 saturated heterocycles. The van der Waals surface area contributed by atoms with Gasteiger partial charge in [0.25, 0.3) is 0 Å². The molecule has 3 unspecified atom stereocenters. The van der Waals surface area contributed by atoms with Crippen LogP contribution in [0.25, 0.3) is 0 Å². The molecule has 0 bridgehead atoms. The van der Waals surface area contributed by atoms with Crippen molar-refractivity contribution in [2.24, 2.45) is 17.6 Å². The standard InChI is InChI=1S/C13H23F3N2O2/c1-20-8-11(5-6-17)18-12(19)9-3-2-4-10(7-9)13(14,15)16/h9-11H,2-8,17H2,1H3,(H,18,19). The molecule has 7 heteroatoms. The zero-order valence-corrected chi connectivity index (χ0v) is 11.7. The topological polar surface area (TPSA) is 64.3 Å². The first-order valence-electron chi connectivity index (χ1n) is 6.94. The zero-order chi connectivity index (χ0) is 15.2. The number of hydrogen-bond acceptors (Lipinski definition) is 3. The molecule has 3 N–H and O–H groups in total. The normalized spacial score (nSPS) is 25.2. The summed E-state index contributed by atoms with van der Waals surface area (Å²) in [5, 5.41) is 2.75. The second-order valence-electron chi connectivity index (χ2n) is 5.34. The smallest absolute Gasteiger partial charge is 0.383 e. The Morgan fingerprint density at radius 1 is 1.45 bits per heavy atom. The van der Waals surface area contributed by atoms with E-state index >= 15 is 0 Å². The third kappa shape index (κ3) is 5.28. The van der Waals surface area contributed by atoms with E-state index in [0.717, 1.165) is 0 Å². The quantitative estimate of drug-likeness (QED) is 0.786. The number of halogens is 3. The van der Waals surface area contributed by atoms with E-state index in [9.17, 15) is 18.0 Å². The lowest BCUT2D eigenvalue weighted by Gasteiger charge is -2.30. The highest BCUT2D eigenvalue weighted by Crippen LogP contribution is 2.39. The summed E-state index contributed by atoms with van der Waals surface area (Å²) < 4.78 is 43.1. The van der Waals surface area contributed by atoms with Gasteiger partial charge in [0.15, 0.2) is 0 Å². The van der Waals surface area contributed by atoms with Crippen molar-refractivity contribution in [2.75, 3.05) is 20.3 Å². The third-order valence-electron chi connectivity index (χ3n) is 3.74. The average Bonchev–Trinajstić information content (AvgIpc) is 2.38. The number of nitrogens with one attached hydrogen (secondary N) is 1. The van der Waals surface area contributed by atoms with Crippen LogP contribution >= 0.6 is 0 Å². The predicted octanol–water partition coefficient (Wildman–Crippen LogP) is 1.84. The summed E-state index contributed by atoms with van der Waals surface area (Å²) in [6.45, 7) is 0.711. The number of hydrogen-bond donors (Lipinski definition) is 2. The van der Waals surface area contributed by atoms with E-state index in [1.807, 2.05) is 0 Å². The summed E-state index contributed by atoms with van der Waals surface area (Å²) in [5.41, 5.74) is 5.44. The van der Waals surface area contributed by atoms with Crippen LogP contribution in [0.15, 0.2) is 0 Å². The third-order valence-corrected chi connectivity index (χ3v) is 3.74. The van der Waals surface area contributed by atoms with E-state index in [-0.39, 0.29) is 24.8 Å². The number of methoxy groups -OCH3 is 1. The highest BCUT2D eigenvalue weighted by atomic mass is 19.4. The van der Waals surface area contributed by atoms with Crippen molar-refractivity contribution in [3.8, 4) is 0 Å². The lowest BCUT2D eigenvalue weighted by Crippen LogP contribution is -2.44. The summed E-state index contributed by atoms with van der Waals surface area (Å²) in [5.74, 6) is -2.23. The van der Waals surface area contributed by atoms with Crippen LogP contribution in [0.4, 0.5) is 13.2 Å². The van der Waals surface area contributed by atoms with Gasteiger partial charge in [0, 0.05) is 13.0 Å². The van der Waals surface area contributed by atoms with E-state index in [1.165, 1.54) is 7.11 Å². The minimum atomic E-state index is -4.21. The number of ether oxygens (including phenoxy) is 1. The van der Waals surface area contributed by atoms with Crippen LogP contribution in [0, 0.1) is 11.8 Å². The molecule has 1 aliphatic carbocycles. The van der Waals surface area contributed by atoms with Gasteiger partial charge in [-0.3, -0.25) is 4.79 Å². The monoisotopic (exact) mass is 296 g/mol. The second-order valence-corrected chi connectivity index (χ2v) is 5.34. The van der Waals surface area contributed by atoms with E-state index in [0.29, 0.717) is 32.4 Å². The summed E-state index contributed by atoms with van der Waals surface area (Å²) in [4.78, 5) is 12.1. The van der Waals surface area contributed by atoms with Crippen molar-refractivity contribution in [1.29, 1.82) is 0 Å². The van der Waals surface area contributed by atoms with Gasteiger partial charge in [-0.1, -0.05) is 6.42 Å². The van der Waals surface area contributed by atoms with Gasteiger partial charge in [0.1, 0.15) is 0 Å². The lowest BCUT2D eigenvalue weighted by molar-refractivity contribution is -0.186. The van der Waals surface area contributed by atoms with Crippen molar-refractivity contribution in [3.63, 3.8) is 0 Å². The Morgan fingerprint density at radius 3 is 2.70 bits per heavy atom. The fourth-order valence-electron chi connectivity index (χ4n) is 2.64. The van der Waals surface area contributed by atoms with Gasteiger partial charge in [-0.25, -0.2) is 0 Å². The molecule has 20 heavy (non-hydrogen) atoms. The van der Waals surface area contributed by atoms with Gasteiger partial charge < -0.3 is 15.8 Å². The van der Waals surface area contributed by atoms with Gasteiger partial charge in [0.05, 0.1) is 18.6 Å². The molecule has 0 aromatic rings. The minimum Gasteiger partial charge on any atom is -0.383 e. The summed E-state index contributed by atoms with van der Waals surface area (Å²) in [6, 6.07) is -0.233. The van der Waals surface area contributed by atoms with Crippen LogP contribution in [0.1, 0.15) is 32.1 Å². The van der Waals surface area contributed by atoms with Crippen LogP contribution in [0.3, 0.4) is 0 Å². The Morgan fingerprint density at radius 2 is 2.15 bits per heavy atom. The minimum absolute atomic E-state index is 0.113. The SMILES string of the molecule is COCC(CCN)NC(=O)C1CCCC(C(F)(F)F)C1. The molecule has 0 radical (unpaired) electrons. The Bertz CT molecular complexity index is 304. The van der Waals surface area contributed by atoms with Crippen molar-refractivity contribution in [3.05, 3.63) is 0 Å². The Labute approximate surface area is 117 Å². The highest BCUT2D eigenvalue weighted by Gasteiger charge is 2.43. The molecule has 0 aliphatic heterocycles. The molecule has 0 aromatic heterocycles. The molecule has 118 valence electrons. The van der Waals surface area contributed by atoms with E-state index in [4.69, 9.17) is 10.5 Å². The summed E-state index contributed by atoms with van der Waals surface area (Å²) in [6.07, 6.45) is -2.69. The second kappa shape index (κ2) is 7.83. The Kier molecular flexibility index (Phi) is 6.75. The van der Waals surface area contributed by atoms with Gasteiger partial charge in [-0.05, 0) is 32.2 Å². The highest BCUT2D eigenvalue weighted by molar-refractivity contribution is 5.79. The molecular formula is C13H23F3N2O2. The van der Waals surface area contributed by atoms with Crippen molar-refractivity contribution < 1.29 is 22.7 Å². The number of alkyl halides is 3. The maximum atomic E-state index is 12.7. The molecule has 1 aliphatic rings. The molecule has 0 aromatic carbocycles. The largest absolute Gasteiger partial charge is 0.391 e. The fourth-order valence-corrected chi connectivity index (χ4v) is 2.64. The van der Waals surface area contributed by atoms with Gasteiger partial charge in [0.2, 0.25) is 5.91 Å². The van der Waals surface area contributed by atoms with Gasteiger partial charge >= 0.3 is 6.18 Å². The van der Waals surface area contributed by atoms with E-state index in [2.05, 4.69) is 5.32 Å². The number of carbonyl (C=O) groups excluding carboxylic acids is 1. The van der Waals surface area contributed by atoms with Crippen LogP contribution in [-0.4, -0.2) is 38.4 Å². The molecule has 0 spiro atoms. The maximum absolute atomic E-state index is 12.7. The molecule has 1 amide bonds. The van der Waals surface area contributed by atoms with Crippen molar-refractivity contribution in [2.45, 2.75) is 44.3 Å². The molecule has 1 fully saturated rings. The molecule has 0 heterocycles. The van der Waals surface area contributed by atoms with Crippen molar-refractivity contribution in [1.82, 2.24) is 5.32 Å². The van der Waals surface area contributed by atoms with Gasteiger partial charge in [-0.2, -0.15) is 13.2 Å². The first kappa shape index (κ1) is 17.2. The first-order chi connectivity index (χ1) is 9.38. The zero-order valence-electron chi connectivity index (χ0n) is 11.7. The molecule has 1 saturated carbocycles. The Hall–Kier alpha value is -0.820. The van der Waals surface area contributed by atoms with Crippen molar-refractivity contribution >= 4 is 5.91 Å².